The van der Waals surface area contributed by atoms with Crippen LogP contribution < -0.4 is 10.5 Å². The Morgan fingerprint density at radius 1 is 1.47 bits per heavy atom. The quantitative estimate of drug-likeness (QED) is 0.497. The van der Waals surface area contributed by atoms with Crippen LogP contribution in [0.4, 0.5) is 0 Å². The average Bonchev–Trinajstić information content (AvgIpc) is 2.21. The number of aliphatic hydroxyl groups is 1. The van der Waals surface area contributed by atoms with Gasteiger partial charge in [0.05, 0.1) is 0 Å². The molecule has 0 aliphatic carbocycles. The minimum Gasteiger partial charge on any atom is -0.483 e. The van der Waals surface area contributed by atoms with Gasteiger partial charge >= 0.3 is 0 Å². The Labute approximate surface area is 89.2 Å². The van der Waals surface area contributed by atoms with Crippen LogP contribution in [0.25, 0.3) is 0 Å². The smallest absolute Gasteiger partial charge is 0.152 e. The summed E-state index contributed by atoms with van der Waals surface area (Å²) in [5, 5.41) is 15.9. The maximum atomic E-state index is 8.73. The van der Waals surface area contributed by atoms with Gasteiger partial charge in [-0.25, -0.2) is 0 Å². The third-order valence-corrected chi connectivity index (χ3v) is 2.07. The van der Waals surface area contributed by atoms with Crippen LogP contribution in [0.2, 0.25) is 0 Å². The Kier molecular flexibility index (Phi) is 4.12. The molecular formula is C11H16N2O2. The van der Waals surface area contributed by atoms with Crippen molar-refractivity contribution < 1.29 is 9.84 Å². The fourth-order valence-corrected chi connectivity index (χ4v) is 1.13. The van der Waals surface area contributed by atoms with Crippen LogP contribution in [0.3, 0.4) is 0 Å². The number of hydrogen-bond acceptors (Lipinski definition) is 3. The van der Waals surface area contributed by atoms with Gasteiger partial charge in [-0.3, -0.25) is 5.41 Å². The van der Waals surface area contributed by atoms with Crippen LogP contribution in [-0.2, 0) is 6.42 Å². The lowest BCUT2D eigenvalue weighted by Gasteiger charge is -2.13. The summed E-state index contributed by atoms with van der Waals surface area (Å²) < 4.78 is 5.40. The molecule has 0 heterocycles. The number of aliphatic hydroxyl groups excluding tert-OH is 1. The van der Waals surface area contributed by atoms with Crippen molar-refractivity contribution in [2.75, 3.05) is 6.61 Å². The van der Waals surface area contributed by atoms with Crippen molar-refractivity contribution in [1.29, 1.82) is 5.41 Å². The minimum atomic E-state index is -0.409. The zero-order valence-electron chi connectivity index (χ0n) is 8.73. The monoisotopic (exact) mass is 208 g/mol. The van der Waals surface area contributed by atoms with Crippen LogP contribution in [0.5, 0.6) is 5.75 Å². The lowest BCUT2D eigenvalue weighted by Crippen LogP contribution is -2.29. The second kappa shape index (κ2) is 5.36. The maximum Gasteiger partial charge on any atom is 0.152 e. The molecule has 0 aromatic heterocycles. The number of benzene rings is 1. The largest absolute Gasteiger partial charge is 0.483 e. The molecule has 0 bridgehead atoms. The third kappa shape index (κ3) is 3.59. The van der Waals surface area contributed by atoms with E-state index < -0.39 is 6.10 Å². The molecule has 1 unspecified atom stereocenters. The highest BCUT2D eigenvalue weighted by Gasteiger charge is 2.06. The number of amidine groups is 1. The lowest BCUT2D eigenvalue weighted by atomic mass is 10.1. The first-order valence-corrected chi connectivity index (χ1v) is 4.84. The summed E-state index contributed by atoms with van der Waals surface area (Å²) in [6.45, 7) is 1.87. The predicted molar refractivity (Wildman–Crippen MR) is 59.2 cm³/mol. The molecule has 4 heteroatoms. The maximum absolute atomic E-state index is 8.73. The van der Waals surface area contributed by atoms with Gasteiger partial charge in [-0.15, -0.1) is 0 Å². The van der Waals surface area contributed by atoms with Gasteiger partial charge in [0.25, 0.3) is 0 Å². The van der Waals surface area contributed by atoms with E-state index >= 15 is 0 Å². The van der Waals surface area contributed by atoms with Gasteiger partial charge < -0.3 is 15.6 Å². The highest BCUT2D eigenvalue weighted by atomic mass is 16.5. The molecule has 0 aliphatic heterocycles. The molecule has 0 saturated carbocycles. The topological polar surface area (TPSA) is 79.3 Å². The lowest BCUT2D eigenvalue weighted by molar-refractivity contribution is 0.284. The third-order valence-electron chi connectivity index (χ3n) is 2.07. The van der Waals surface area contributed by atoms with Crippen LogP contribution in [0, 0.1) is 5.41 Å². The van der Waals surface area contributed by atoms with Crippen molar-refractivity contribution in [3.8, 4) is 5.75 Å². The van der Waals surface area contributed by atoms with Gasteiger partial charge in [0, 0.05) is 6.61 Å². The second-order valence-corrected chi connectivity index (χ2v) is 3.33. The van der Waals surface area contributed by atoms with E-state index in [4.69, 9.17) is 21.0 Å². The highest BCUT2D eigenvalue weighted by molar-refractivity contribution is 5.81. The molecule has 0 saturated heterocycles. The summed E-state index contributed by atoms with van der Waals surface area (Å²) in [7, 11) is 0. The zero-order valence-corrected chi connectivity index (χ0v) is 8.73. The fraction of sp³-hybridized carbons (Fsp3) is 0.364. The molecule has 1 atom stereocenters. The first kappa shape index (κ1) is 11.5. The van der Waals surface area contributed by atoms with Gasteiger partial charge in [-0.2, -0.15) is 0 Å². The summed E-state index contributed by atoms with van der Waals surface area (Å²) in [5.74, 6) is 0.689. The van der Waals surface area contributed by atoms with E-state index in [9.17, 15) is 0 Å². The van der Waals surface area contributed by atoms with E-state index in [-0.39, 0.29) is 12.4 Å². The summed E-state index contributed by atoms with van der Waals surface area (Å²) >= 11 is 0. The minimum absolute atomic E-state index is 0.00874. The van der Waals surface area contributed by atoms with Crippen molar-refractivity contribution in [1.82, 2.24) is 0 Å². The van der Waals surface area contributed by atoms with Crippen LogP contribution in [-0.4, -0.2) is 23.7 Å². The van der Waals surface area contributed by atoms with E-state index in [1.807, 2.05) is 24.3 Å². The highest BCUT2D eigenvalue weighted by Crippen LogP contribution is 2.14. The van der Waals surface area contributed by atoms with Gasteiger partial charge in [0.1, 0.15) is 11.6 Å². The number of hydrogen-bond donors (Lipinski definition) is 3. The van der Waals surface area contributed by atoms with Crippen LogP contribution in [0.1, 0.15) is 12.5 Å². The van der Waals surface area contributed by atoms with E-state index in [0.717, 1.165) is 5.56 Å². The van der Waals surface area contributed by atoms with E-state index in [1.165, 1.54) is 0 Å². The molecule has 82 valence electrons. The Morgan fingerprint density at radius 3 is 2.53 bits per heavy atom. The van der Waals surface area contributed by atoms with Crippen LogP contribution >= 0.6 is 0 Å². The summed E-state index contributed by atoms with van der Waals surface area (Å²) in [6.07, 6.45) is 0.233. The number of rotatable bonds is 5. The van der Waals surface area contributed by atoms with E-state index in [0.29, 0.717) is 12.2 Å². The Balaban J connectivity index is 2.60. The van der Waals surface area contributed by atoms with Crippen molar-refractivity contribution in [2.24, 2.45) is 5.73 Å². The number of nitrogens with one attached hydrogen (secondary N) is 1. The van der Waals surface area contributed by atoms with Crippen molar-refractivity contribution >= 4 is 5.84 Å². The molecule has 0 radical (unpaired) electrons. The first-order chi connectivity index (χ1) is 7.13. The molecule has 0 aliphatic rings. The summed E-state index contributed by atoms with van der Waals surface area (Å²) in [5.41, 5.74) is 6.34. The van der Waals surface area contributed by atoms with Gasteiger partial charge in [0.15, 0.2) is 6.10 Å². The number of ether oxygens (including phenoxy) is 1. The summed E-state index contributed by atoms with van der Waals surface area (Å²) in [4.78, 5) is 0. The van der Waals surface area contributed by atoms with Gasteiger partial charge in [-0.1, -0.05) is 12.1 Å². The SMILES string of the molecule is CC(Oc1ccc(CCO)cc1)C(=N)N. The molecule has 1 rings (SSSR count). The average molecular weight is 208 g/mol. The molecule has 4 nitrogen and oxygen atoms in total. The summed E-state index contributed by atoms with van der Waals surface area (Å²) in [6, 6.07) is 7.39. The molecule has 15 heavy (non-hydrogen) atoms. The van der Waals surface area contributed by atoms with Crippen molar-refractivity contribution in [2.45, 2.75) is 19.4 Å². The standard InChI is InChI=1S/C11H16N2O2/c1-8(11(12)13)15-10-4-2-9(3-5-10)6-7-14/h2-5,8,14H,6-7H2,1H3,(H3,12,13). The predicted octanol–water partition coefficient (Wildman–Crippen LogP) is 0.925. The molecule has 0 amide bonds. The van der Waals surface area contributed by atoms with Gasteiger partial charge in [-0.05, 0) is 31.0 Å². The fourth-order valence-electron chi connectivity index (χ4n) is 1.13. The van der Waals surface area contributed by atoms with E-state index in [2.05, 4.69) is 0 Å². The normalized spacial score (nSPS) is 12.1. The molecule has 1 aromatic rings. The van der Waals surface area contributed by atoms with E-state index in [1.54, 1.807) is 6.92 Å². The molecular weight excluding hydrogens is 192 g/mol. The van der Waals surface area contributed by atoms with Gasteiger partial charge in [0.2, 0.25) is 0 Å². The van der Waals surface area contributed by atoms with Crippen molar-refractivity contribution in [3.05, 3.63) is 29.8 Å². The first-order valence-electron chi connectivity index (χ1n) is 4.84. The molecule has 0 fully saturated rings. The second-order valence-electron chi connectivity index (χ2n) is 3.33. The van der Waals surface area contributed by atoms with Crippen LogP contribution in [0.15, 0.2) is 24.3 Å². The Morgan fingerprint density at radius 2 is 2.07 bits per heavy atom. The Hall–Kier alpha value is -1.55. The molecule has 1 aromatic carbocycles. The zero-order chi connectivity index (χ0) is 11.3. The molecule has 0 spiro atoms. The molecule has 4 N–H and O–H groups in total. The van der Waals surface area contributed by atoms with Crippen molar-refractivity contribution in [3.63, 3.8) is 0 Å². The number of nitrogens with two attached hydrogens (primary N) is 1. The Bertz CT molecular complexity index is 322.